The number of methoxy groups -OCH3 is 1. The number of carbonyl (C=O) groups excluding carboxylic acids is 1. The lowest BCUT2D eigenvalue weighted by atomic mass is 10.0. The number of rotatable bonds is 9. The number of thiophene rings is 1. The highest BCUT2D eigenvalue weighted by Gasteiger charge is 2.29. The third kappa shape index (κ3) is 6.89. The largest absolute Gasteiger partial charge is 0.508 e. The Bertz CT molecular complexity index is 1680. The predicted octanol–water partition coefficient (Wildman–Crippen LogP) is 3.50. The minimum Gasteiger partial charge on any atom is -0.495 e. The average molecular weight is 610 g/mol. The van der Waals surface area contributed by atoms with Gasteiger partial charge >= 0.3 is 6.16 Å². The highest BCUT2D eigenvalue weighted by Crippen LogP contribution is 2.37. The predicted molar refractivity (Wildman–Crippen MR) is 160 cm³/mol. The molecule has 13 heteroatoms. The molecule has 2 saturated heterocycles. The van der Waals surface area contributed by atoms with Crippen LogP contribution in [0.3, 0.4) is 0 Å². The van der Waals surface area contributed by atoms with Crippen molar-refractivity contribution in [3.63, 3.8) is 0 Å². The Morgan fingerprint density at radius 1 is 1.21 bits per heavy atom. The number of likely N-dealkylation sites (tertiary alicyclic amines) is 1. The fourth-order valence-electron chi connectivity index (χ4n) is 5.12. The van der Waals surface area contributed by atoms with Crippen LogP contribution < -0.4 is 20.5 Å². The summed E-state index contributed by atoms with van der Waals surface area (Å²) in [7, 11) is -2.40. The molecule has 11 nitrogen and oxygen atoms in total. The summed E-state index contributed by atoms with van der Waals surface area (Å²) in [5.41, 5.74) is 2.52. The second-order valence-electron chi connectivity index (χ2n) is 10.0. The van der Waals surface area contributed by atoms with Gasteiger partial charge in [-0.25, -0.2) is 18.4 Å². The summed E-state index contributed by atoms with van der Waals surface area (Å²) < 4.78 is 39.7. The van der Waals surface area contributed by atoms with Gasteiger partial charge in [0.2, 0.25) is 10.0 Å². The van der Waals surface area contributed by atoms with Crippen LogP contribution in [0.4, 0.5) is 16.2 Å². The van der Waals surface area contributed by atoms with Crippen molar-refractivity contribution in [1.29, 1.82) is 5.26 Å². The molecule has 2 aliphatic heterocycles. The number of carbonyl (C=O) groups is 1. The fourth-order valence-corrected chi connectivity index (χ4v) is 6.82. The number of nitrogens with zero attached hydrogens (tertiary/aromatic N) is 2. The molecule has 2 fully saturated rings. The number of sulfonamides is 1. The molecule has 4 N–H and O–H groups in total. The third-order valence-electron chi connectivity index (χ3n) is 7.20. The standard InChI is InChI=1S/C29H31N5O6S2/c1-38-26-16-21(42(31,36)37)7-8-24(26)32-13-3-6-27-22(9-12-30)23-4-2-5-25(28(23)41-27)33-19-10-14-34(15-11-19)17-20-18-39-29(35)40-20/h2,4-5,7-8,16,19-20,32-33H,9-11,13-15,17-18H2,1H3,(H2,31,36,37). The van der Waals surface area contributed by atoms with Crippen molar-refractivity contribution >= 4 is 49.0 Å². The molecule has 0 saturated carbocycles. The molecule has 42 heavy (non-hydrogen) atoms. The number of primary sulfonamides is 1. The van der Waals surface area contributed by atoms with Crippen LogP contribution in [-0.2, 0) is 25.9 Å². The van der Waals surface area contributed by atoms with Gasteiger partial charge in [0.05, 0.1) is 52.0 Å². The van der Waals surface area contributed by atoms with E-state index >= 15 is 0 Å². The lowest BCUT2D eigenvalue weighted by molar-refractivity contribution is 0.0945. The van der Waals surface area contributed by atoms with Crippen LogP contribution in [0, 0.1) is 23.2 Å². The van der Waals surface area contributed by atoms with Crippen molar-refractivity contribution in [2.45, 2.75) is 36.3 Å². The van der Waals surface area contributed by atoms with Gasteiger partial charge in [-0.2, -0.15) is 5.26 Å². The zero-order valence-electron chi connectivity index (χ0n) is 23.0. The first kappa shape index (κ1) is 29.5. The van der Waals surface area contributed by atoms with Gasteiger partial charge in [-0.1, -0.05) is 24.0 Å². The normalized spacial score (nSPS) is 17.5. The molecule has 1 aromatic heterocycles. The van der Waals surface area contributed by atoms with Gasteiger partial charge < -0.3 is 24.8 Å². The van der Waals surface area contributed by atoms with Gasteiger partial charge in [0, 0.05) is 42.7 Å². The maximum atomic E-state index is 11.6. The summed E-state index contributed by atoms with van der Waals surface area (Å²) in [5.74, 6) is 6.68. The van der Waals surface area contributed by atoms with E-state index in [0.717, 1.165) is 52.1 Å². The second-order valence-corrected chi connectivity index (χ2v) is 12.6. The van der Waals surface area contributed by atoms with Crippen LogP contribution in [0.15, 0.2) is 41.3 Å². The van der Waals surface area contributed by atoms with Crippen LogP contribution >= 0.6 is 11.3 Å². The van der Waals surface area contributed by atoms with Crippen LogP contribution in [0.2, 0.25) is 0 Å². The van der Waals surface area contributed by atoms with Gasteiger partial charge in [0.15, 0.2) is 6.10 Å². The molecule has 0 aliphatic carbocycles. The maximum absolute atomic E-state index is 11.6. The van der Waals surface area contributed by atoms with E-state index in [2.05, 4.69) is 39.5 Å². The number of hydrogen-bond donors (Lipinski definition) is 3. The number of ether oxygens (including phenoxy) is 3. The van der Waals surface area contributed by atoms with E-state index < -0.39 is 16.2 Å². The second kappa shape index (κ2) is 12.9. The number of anilines is 2. The number of cyclic esters (lactones) is 2. The van der Waals surface area contributed by atoms with E-state index in [0.29, 0.717) is 30.6 Å². The first-order valence-corrected chi connectivity index (χ1v) is 15.8. The number of fused-ring (bicyclic) bond motifs is 1. The lowest BCUT2D eigenvalue weighted by Gasteiger charge is -2.33. The molecule has 2 aliphatic rings. The molecule has 0 spiro atoms. The van der Waals surface area contributed by atoms with Crippen molar-refractivity contribution < 1.29 is 27.4 Å². The van der Waals surface area contributed by atoms with Gasteiger partial charge in [0.1, 0.15) is 12.4 Å². The highest BCUT2D eigenvalue weighted by molar-refractivity contribution is 7.89. The van der Waals surface area contributed by atoms with Crippen LogP contribution in [0.5, 0.6) is 5.75 Å². The molecule has 0 radical (unpaired) electrons. The minimum absolute atomic E-state index is 0.0381. The van der Waals surface area contributed by atoms with Crippen molar-refractivity contribution in [2.75, 3.05) is 50.5 Å². The molecular weight excluding hydrogens is 578 g/mol. The van der Waals surface area contributed by atoms with Crippen molar-refractivity contribution in [1.82, 2.24) is 4.90 Å². The number of piperidine rings is 1. The van der Waals surface area contributed by atoms with Crippen LogP contribution in [-0.4, -0.2) is 71.5 Å². The zero-order valence-corrected chi connectivity index (χ0v) is 24.6. The van der Waals surface area contributed by atoms with Gasteiger partial charge in [-0.3, -0.25) is 4.90 Å². The Labute approximate surface area is 248 Å². The Morgan fingerprint density at radius 2 is 2.02 bits per heavy atom. The first-order chi connectivity index (χ1) is 20.2. The molecule has 3 aromatic rings. The molecular formula is C29H31N5O6S2. The quantitative estimate of drug-likeness (QED) is 0.242. The lowest BCUT2D eigenvalue weighted by Crippen LogP contribution is -2.43. The summed E-state index contributed by atoms with van der Waals surface area (Å²) in [6.07, 6.45) is 1.36. The van der Waals surface area contributed by atoms with Crippen LogP contribution in [0.25, 0.3) is 10.1 Å². The van der Waals surface area contributed by atoms with E-state index in [-0.39, 0.29) is 24.0 Å². The monoisotopic (exact) mass is 609 g/mol. The highest BCUT2D eigenvalue weighted by atomic mass is 32.2. The molecule has 1 atom stereocenters. The number of benzene rings is 2. The number of nitrogens with one attached hydrogen (secondary N) is 2. The average Bonchev–Trinajstić information content (AvgIpc) is 3.55. The van der Waals surface area contributed by atoms with Gasteiger partial charge in [-0.05, 0) is 31.0 Å². The SMILES string of the molecule is COc1cc(S(N)(=O)=O)ccc1NCC#Cc1sc2c(NC3CCN(CC4COC(=O)O4)CC3)cccc2c1CC#N. The zero-order chi connectivity index (χ0) is 29.7. The molecule has 0 bridgehead atoms. The topological polar surface area (TPSA) is 156 Å². The van der Waals surface area contributed by atoms with Crippen molar-refractivity contribution in [3.05, 3.63) is 46.8 Å². The molecule has 220 valence electrons. The summed E-state index contributed by atoms with van der Waals surface area (Å²) in [6, 6.07) is 13.0. The first-order valence-electron chi connectivity index (χ1n) is 13.4. The number of nitrogens with two attached hydrogens (primary N) is 1. The molecule has 3 heterocycles. The molecule has 5 rings (SSSR count). The van der Waals surface area contributed by atoms with Crippen molar-refractivity contribution in [3.8, 4) is 23.7 Å². The number of nitriles is 1. The minimum atomic E-state index is -3.85. The summed E-state index contributed by atoms with van der Waals surface area (Å²) in [6.45, 7) is 3.06. The van der Waals surface area contributed by atoms with Crippen LogP contribution in [0.1, 0.15) is 23.3 Å². The maximum Gasteiger partial charge on any atom is 0.508 e. The molecule has 0 amide bonds. The molecule has 2 aromatic carbocycles. The molecule has 1 unspecified atom stereocenters. The number of hydrogen-bond acceptors (Lipinski definition) is 11. The fraction of sp³-hybridized carbons (Fsp3) is 0.379. The Hall–Kier alpha value is -4.01. The van der Waals surface area contributed by atoms with E-state index in [1.54, 1.807) is 17.4 Å². The van der Waals surface area contributed by atoms with Gasteiger partial charge in [0.25, 0.3) is 0 Å². The van der Waals surface area contributed by atoms with Gasteiger partial charge in [-0.15, -0.1) is 11.3 Å². The van der Waals surface area contributed by atoms with E-state index in [9.17, 15) is 18.5 Å². The Morgan fingerprint density at radius 3 is 2.71 bits per heavy atom. The summed E-state index contributed by atoms with van der Waals surface area (Å²) >= 11 is 1.57. The third-order valence-corrected chi connectivity index (χ3v) is 9.31. The smallest absolute Gasteiger partial charge is 0.495 e. The Kier molecular flexibility index (Phi) is 9.04. The summed E-state index contributed by atoms with van der Waals surface area (Å²) in [5, 5.41) is 22.6. The Balaban J connectivity index is 1.26. The summed E-state index contributed by atoms with van der Waals surface area (Å²) in [4.78, 5) is 14.3. The van der Waals surface area contributed by atoms with E-state index in [1.165, 1.54) is 19.2 Å². The van der Waals surface area contributed by atoms with E-state index in [4.69, 9.17) is 19.3 Å². The van der Waals surface area contributed by atoms with Crippen molar-refractivity contribution in [2.24, 2.45) is 5.14 Å². The van der Waals surface area contributed by atoms with E-state index in [1.807, 2.05) is 12.1 Å².